The first-order valence-corrected chi connectivity index (χ1v) is 9.13. The summed E-state index contributed by atoms with van der Waals surface area (Å²) in [6.45, 7) is 9.93. The van der Waals surface area contributed by atoms with Gasteiger partial charge in [0.1, 0.15) is 17.3 Å². The van der Waals surface area contributed by atoms with Crippen molar-refractivity contribution in [3.63, 3.8) is 0 Å². The Hall–Kier alpha value is -2.47. The zero-order chi connectivity index (χ0) is 18.7. The van der Waals surface area contributed by atoms with Gasteiger partial charge in [-0.1, -0.05) is 26.0 Å². The molecule has 1 amide bonds. The Morgan fingerprint density at radius 3 is 2.35 bits per heavy atom. The number of nitrogens with zero attached hydrogens (tertiary/aromatic N) is 4. The summed E-state index contributed by atoms with van der Waals surface area (Å²) in [7, 11) is 2.12. The zero-order valence-corrected chi connectivity index (χ0v) is 16.0. The molecule has 0 spiro atoms. The summed E-state index contributed by atoms with van der Waals surface area (Å²) in [5, 5.41) is 2.93. The summed E-state index contributed by atoms with van der Waals surface area (Å²) < 4.78 is 0. The molecular formula is C20H27N5O. The average molecular weight is 353 g/mol. The van der Waals surface area contributed by atoms with Crippen LogP contribution in [-0.2, 0) is 0 Å². The van der Waals surface area contributed by atoms with E-state index in [4.69, 9.17) is 0 Å². The fourth-order valence-electron chi connectivity index (χ4n) is 3.01. The van der Waals surface area contributed by atoms with Crippen LogP contribution in [0.5, 0.6) is 0 Å². The number of rotatable bonds is 4. The normalized spacial score (nSPS) is 15.3. The van der Waals surface area contributed by atoms with Gasteiger partial charge in [0.15, 0.2) is 0 Å². The Balaban J connectivity index is 1.74. The minimum absolute atomic E-state index is 0.205. The third-order valence-corrected chi connectivity index (χ3v) is 4.72. The summed E-state index contributed by atoms with van der Waals surface area (Å²) in [5.74, 6) is 1.70. The van der Waals surface area contributed by atoms with Gasteiger partial charge in [0.05, 0.1) is 0 Å². The number of aromatic nitrogens is 2. The van der Waals surface area contributed by atoms with E-state index in [1.807, 2.05) is 31.2 Å². The van der Waals surface area contributed by atoms with Crippen LogP contribution in [0.15, 0.2) is 30.3 Å². The molecule has 26 heavy (non-hydrogen) atoms. The van der Waals surface area contributed by atoms with Crippen LogP contribution in [0.25, 0.3) is 0 Å². The number of benzene rings is 1. The second kappa shape index (κ2) is 7.83. The van der Waals surface area contributed by atoms with E-state index in [2.05, 4.69) is 46.0 Å². The molecule has 2 aromatic rings. The first kappa shape index (κ1) is 18.3. The molecule has 2 heterocycles. The first-order chi connectivity index (χ1) is 12.4. The standard InChI is InChI=1S/C20H27N5O/c1-14(2)16-5-7-17(8-6-16)23-20(26)18-13-19(22-15(3)21-18)25-11-9-24(4)10-12-25/h5-8,13-14H,9-12H2,1-4H3,(H,23,26). The quantitative estimate of drug-likeness (QED) is 0.916. The van der Waals surface area contributed by atoms with Crippen molar-refractivity contribution in [3.8, 4) is 0 Å². The molecule has 0 bridgehead atoms. The number of amides is 1. The van der Waals surface area contributed by atoms with Gasteiger partial charge < -0.3 is 15.1 Å². The molecule has 6 nitrogen and oxygen atoms in total. The highest BCUT2D eigenvalue weighted by molar-refractivity contribution is 6.03. The lowest BCUT2D eigenvalue weighted by Gasteiger charge is -2.33. The molecule has 1 aliphatic rings. The van der Waals surface area contributed by atoms with E-state index in [1.54, 1.807) is 6.07 Å². The number of carbonyl (C=O) groups excluding carboxylic acids is 1. The van der Waals surface area contributed by atoms with Crippen LogP contribution in [0.2, 0.25) is 0 Å². The number of hydrogen-bond donors (Lipinski definition) is 1. The van der Waals surface area contributed by atoms with E-state index in [1.165, 1.54) is 5.56 Å². The monoisotopic (exact) mass is 353 g/mol. The fraction of sp³-hybridized carbons (Fsp3) is 0.450. The van der Waals surface area contributed by atoms with Gasteiger partial charge in [-0.3, -0.25) is 4.79 Å². The van der Waals surface area contributed by atoms with Crippen molar-refractivity contribution < 1.29 is 4.79 Å². The maximum absolute atomic E-state index is 12.6. The second-order valence-corrected chi connectivity index (χ2v) is 7.18. The second-order valence-electron chi connectivity index (χ2n) is 7.18. The molecule has 0 saturated carbocycles. The molecule has 1 aromatic heterocycles. The van der Waals surface area contributed by atoms with Crippen molar-refractivity contribution in [2.75, 3.05) is 43.4 Å². The molecule has 0 radical (unpaired) electrons. The largest absolute Gasteiger partial charge is 0.354 e. The van der Waals surface area contributed by atoms with Crippen LogP contribution in [0.3, 0.4) is 0 Å². The molecule has 0 aliphatic carbocycles. The van der Waals surface area contributed by atoms with Gasteiger partial charge in [0.2, 0.25) is 0 Å². The number of carbonyl (C=O) groups is 1. The van der Waals surface area contributed by atoms with E-state index in [9.17, 15) is 4.79 Å². The number of likely N-dealkylation sites (N-methyl/N-ethyl adjacent to an activating group) is 1. The maximum Gasteiger partial charge on any atom is 0.274 e. The van der Waals surface area contributed by atoms with Crippen LogP contribution in [0, 0.1) is 6.92 Å². The van der Waals surface area contributed by atoms with Gasteiger partial charge >= 0.3 is 0 Å². The van der Waals surface area contributed by atoms with E-state index in [0.717, 1.165) is 37.7 Å². The Morgan fingerprint density at radius 2 is 1.73 bits per heavy atom. The fourth-order valence-corrected chi connectivity index (χ4v) is 3.01. The Morgan fingerprint density at radius 1 is 1.08 bits per heavy atom. The summed E-state index contributed by atoms with van der Waals surface area (Å²) in [4.78, 5) is 26.0. The highest BCUT2D eigenvalue weighted by Gasteiger charge is 2.18. The Labute approximate surface area is 155 Å². The predicted octanol–water partition coefficient (Wildman–Crippen LogP) is 2.91. The highest BCUT2D eigenvalue weighted by Crippen LogP contribution is 2.19. The lowest BCUT2D eigenvalue weighted by atomic mass is 10.0. The molecule has 6 heteroatoms. The van der Waals surface area contributed by atoms with E-state index >= 15 is 0 Å². The van der Waals surface area contributed by atoms with Crippen LogP contribution in [0.1, 0.15) is 41.6 Å². The lowest BCUT2D eigenvalue weighted by Crippen LogP contribution is -2.45. The number of anilines is 2. The van der Waals surface area contributed by atoms with Gasteiger partial charge in [-0.2, -0.15) is 0 Å². The molecule has 1 aliphatic heterocycles. The van der Waals surface area contributed by atoms with Gasteiger partial charge in [-0.05, 0) is 37.6 Å². The van der Waals surface area contributed by atoms with Crippen molar-refractivity contribution in [1.82, 2.24) is 14.9 Å². The van der Waals surface area contributed by atoms with Crippen LogP contribution in [-0.4, -0.2) is 54.0 Å². The molecule has 1 N–H and O–H groups in total. The van der Waals surface area contributed by atoms with E-state index in [0.29, 0.717) is 17.4 Å². The minimum Gasteiger partial charge on any atom is -0.354 e. The maximum atomic E-state index is 12.6. The predicted molar refractivity (Wildman–Crippen MR) is 105 cm³/mol. The van der Waals surface area contributed by atoms with Crippen molar-refractivity contribution in [3.05, 3.63) is 47.4 Å². The van der Waals surface area contributed by atoms with Gasteiger partial charge in [-0.15, -0.1) is 0 Å². The number of hydrogen-bond acceptors (Lipinski definition) is 5. The smallest absolute Gasteiger partial charge is 0.274 e. The van der Waals surface area contributed by atoms with Gasteiger partial charge in [0, 0.05) is 37.9 Å². The molecule has 1 fully saturated rings. The van der Waals surface area contributed by atoms with E-state index < -0.39 is 0 Å². The SMILES string of the molecule is Cc1nc(C(=O)Nc2ccc(C(C)C)cc2)cc(N2CCN(C)CC2)n1. The molecule has 1 aromatic carbocycles. The average Bonchev–Trinajstić information content (AvgIpc) is 2.62. The number of piperazine rings is 1. The summed E-state index contributed by atoms with van der Waals surface area (Å²) in [5.41, 5.74) is 2.43. The van der Waals surface area contributed by atoms with Crippen LogP contribution < -0.4 is 10.2 Å². The van der Waals surface area contributed by atoms with Crippen molar-refractivity contribution in [1.29, 1.82) is 0 Å². The Kier molecular flexibility index (Phi) is 5.52. The van der Waals surface area contributed by atoms with Gasteiger partial charge in [-0.25, -0.2) is 9.97 Å². The molecule has 0 unspecified atom stereocenters. The molecular weight excluding hydrogens is 326 g/mol. The van der Waals surface area contributed by atoms with Crippen molar-refractivity contribution in [2.24, 2.45) is 0 Å². The van der Waals surface area contributed by atoms with E-state index in [-0.39, 0.29) is 5.91 Å². The highest BCUT2D eigenvalue weighted by atomic mass is 16.1. The number of aryl methyl sites for hydroxylation is 1. The lowest BCUT2D eigenvalue weighted by molar-refractivity contribution is 0.102. The molecule has 3 rings (SSSR count). The topological polar surface area (TPSA) is 61.4 Å². The molecule has 1 saturated heterocycles. The summed E-state index contributed by atoms with van der Waals surface area (Å²) in [6, 6.07) is 9.74. The Bertz CT molecular complexity index is 764. The van der Waals surface area contributed by atoms with Crippen LogP contribution >= 0.6 is 0 Å². The molecule has 138 valence electrons. The minimum atomic E-state index is -0.205. The zero-order valence-electron chi connectivity index (χ0n) is 16.0. The summed E-state index contributed by atoms with van der Waals surface area (Å²) >= 11 is 0. The third kappa shape index (κ3) is 4.38. The van der Waals surface area contributed by atoms with Crippen molar-refractivity contribution in [2.45, 2.75) is 26.7 Å². The van der Waals surface area contributed by atoms with Crippen LogP contribution in [0.4, 0.5) is 11.5 Å². The van der Waals surface area contributed by atoms with Gasteiger partial charge in [0.25, 0.3) is 5.91 Å². The summed E-state index contributed by atoms with van der Waals surface area (Å²) in [6.07, 6.45) is 0. The number of nitrogens with one attached hydrogen (secondary N) is 1. The first-order valence-electron chi connectivity index (χ1n) is 9.13. The molecule has 0 atom stereocenters. The third-order valence-electron chi connectivity index (χ3n) is 4.72. The van der Waals surface area contributed by atoms with Crippen molar-refractivity contribution >= 4 is 17.4 Å².